The van der Waals surface area contributed by atoms with Gasteiger partial charge in [-0.1, -0.05) is 30.3 Å². The monoisotopic (exact) mass is 576 g/mol. The van der Waals surface area contributed by atoms with Gasteiger partial charge in [-0.25, -0.2) is 13.8 Å². The van der Waals surface area contributed by atoms with Gasteiger partial charge in [0.05, 0.1) is 30.8 Å². The van der Waals surface area contributed by atoms with Gasteiger partial charge >= 0.3 is 0 Å². The fraction of sp³-hybridized carbons (Fsp3) is 0.400. The first-order valence-corrected chi connectivity index (χ1v) is 14.4. The molecule has 0 spiro atoms. The molecule has 10 nitrogen and oxygen atoms in total. The molecular formula is C30H34F2N8O2. The van der Waals surface area contributed by atoms with E-state index in [-0.39, 0.29) is 30.4 Å². The topological polar surface area (TPSA) is 109 Å². The summed E-state index contributed by atoms with van der Waals surface area (Å²) in [7, 11) is 0. The zero-order chi connectivity index (χ0) is 28.9. The number of benzene rings is 2. The molecule has 0 atom stereocenters. The molecule has 2 aromatic carbocycles. The van der Waals surface area contributed by atoms with E-state index >= 15 is 0 Å². The number of carbonyl (C=O) groups excluding carboxylic acids is 1. The van der Waals surface area contributed by atoms with Crippen LogP contribution in [0.1, 0.15) is 37.9 Å². The molecule has 3 N–H and O–H groups in total. The quantitative estimate of drug-likeness (QED) is 0.267. The Labute approximate surface area is 242 Å². The molecule has 0 bridgehead atoms. The number of amides is 1. The van der Waals surface area contributed by atoms with Crippen molar-refractivity contribution >= 4 is 34.4 Å². The molecule has 1 aliphatic carbocycles. The molecule has 1 aliphatic heterocycles. The van der Waals surface area contributed by atoms with Crippen LogP contribution in [-0.4, -0.2) is 70.4 Å². The standard InChI is InChI=1S/C30H34F2N8O2/c31-28(32)29-36-23-8-4-5-9-24(23)40(29)26-18-25(39-14-16-42-17-15-39)37-30(38-26)35-22-12-10-21(11-13-22)34-27(41)19-33-20-6-2-1-3-7-20/h1-9,18,21-22,28,33H,10-17,19H2,(H,34,41)(H,35,37,38)/t21-,22-. The lowest BCUT2D eigenvalue weighted by Gasteiger charge is -2.31. The number of morpholine rings is 1. The van der Waals surface area contributed by atoms with Gasteiger partial charge in [0.2, 0.25) is 11.9 Å². The predicted octanol–water partition coefficient (Wildman–Crippen LogP) is 4.54. The summed E-state index contributed by atoms with van der Waals surface area (Å²) in [5, 5.41) is 9.72. The molecule has 1 saturated carbocycles. The molecule has 1 saturated heterocycles. The van der Waals surface area contributed by atoms with E-state index in [0.29, 0.717) is 54.9 Å². The molecule has 12 heteroatoms. The van der Waals surface area contributed by atoms with Crippen LogP contribution in [0.3, 0.4) is 0 Å². The zero-order valence-corrected chi connectivity index (χ0v) is 23.2. The minimum absolute atomic E-state index is 0.0381. The lowest BCUT2D eigenvalue weighted by Crippen LogP contribution is -2.42. The molecule has 3 heterocycles. The van der Waals surface area contributed by atoms with Gasteiger partial charge in [0.15, 0.2) is 5.82 Å². The summed E-state index contributed by atoms with van der Waals surface area (Å²) in [5.74, 6) is 0.975. The average molecular weight is 577 g/mol. The highest BCUT2D eigenvalue weighted by Gasteiger charge is 2.26. The fourth-order valence-corrected chi connectivity index (χ4v) is 5.57. The van der Waals surface area contributed by atoms with Gasteiger partial charge in [0, 0.05) is 36.9 Å². The van der Waals surface area contributed by atoms with Crippen LogP contribution in [0.15, 0.2) is 60.7 Å². The first-order valence-electron chi connectivity index (χ1n) is 14.4. The van der Waals surface area contributed by atoms with E-state index in [4.69, 9.17) is 14.7 Å². The molecule has 220 valence electrons. The molecule has 1 amide bonds. The largest absolute Gasteiger partial charge is 0.378 e. The summed E-state index contributed by atoms with van der Waals surface area (Å²) in [6.45, 7) is 2.64. The second kappa shape index (κ2) is 12.7. The van der Waals surface area contributed by atoms with Gasteiger partial charge in [-0.15, -0.1) is 0 Å². The van der Waals surface area contributed by atoms with Gasteiger partial charge in [0.25, 0.3) is 6.43 Å². The van der Waals surface area contributed by atoms with E-state index < -0.39 is 6.43 Å². The lowest BCUT2D eigenvalue weighted by atomic mass is 9.91. The van der Waals surface area contributed by atoms with Crippen LogP contribution in [0, 0.1) is 0 Å². The van der Waals surface area contributed by atoms with E-state index in [1.54, 1.807) is 30.3 Å². The van der Waals surface area contributed by atoms with Crippen molar-refractivity contribution in [3.63, 3.8) is 0 Å². The third-order valence-corrected chi connectivity index (χ3v) is 7.70. The van der Waals surface area contributed by atoms with E-state index in [0.717, 1.165) is 31.4 Å². The maximum Gasteiger partial charge on any atom is 0.296 e. The zero-order valence-electron chi connectivity index (χ0n) is 23.2. The van der Waals surface area contributed by atoms with Gasteiger partial charge < -0.3 is 25.6 Å². The normalized spacial score (nSPS) is 19.2. The minimum atomic E-state index is -2.77. The second-order valence-electron chi connectivity index (χ2n) is 10.6. The number of rotatable bonds is 9. The minimum Gasteiger partial charge on any atom is -0.378 e. The Morgan fingerprint density at radius 3 is 2.36 bits per heavy atom. The Kier molecular flexibility index (Phi) is 8.40. The Morgan fingerprint density at radius 2 is 1.60 bits per heavy atom. The van der Waals surface area contributed by atoms with Crippen molar-refractivity contribution in [2.45, 2.75) is 44.2 Å². The summed E-state index contributed by atoms with van der Waals surface area (Å²) in [5.41, 5.74) is 1.94. The van der Waals surface area contributed by atoms with Crippen molar-refractivity contribution in [2.24, 2.45) is 0 Å². The number of hydrogen-bond acceptors (Lipinski definition) is 8. The number of para-hydroxylation sites is 3. The van der Waals surface area contributed by atoms with Gasteiger partial charge in [-0.2, -0.15) is 9.97 Å². The summed E-state index contributed by atoms with van der Waals surface area (Å²) in [6, 6.07) is 18.6. The number of imidazole rings is 1. The number of fused-ring (bicyclic) bond motifs is 1. The molecular weight excluding hydrogens is 542 g/mol. The van der Waals surface area contributed by atoms with Crippen LogP contribution in [0.2, 0.25) is 0 Å². The van der Waals surface area contributed by atoms with Crippen molar-refractivity contribution in [2.75, 3.05) is 48.4 Å². The Hall–Kier alpha value is -4.32. The van der Waals surface area contributed by atoms with Crippen molar-refractivity contribution < 1.29 is 18.3 Å². The number of alkyl halides is 2. The first kappa shape index (κ1) is 27.8. The predicted molar refractivity (Wildman–Crippen MR) is 157 cm³/mol. The van der Waals surface area contributed by atoms with Crippen LogP contribution in [0.4, 0.5) is 26.2 Å². The number of anilines is 3. The number of nitrogens with zero attached hydrogens (tertiary/aromatic N) is 5. The Bertz CT molecular complexity index is 1500. The Morgan fingerprint density at radius 1 is 0.905 bits per heavy atom. The van der Waals surface area contributed by atoms with Gasteiger partial charge in [-0.3, -0.25) is 9.36 Å². The van der Waals surface area contributed by atoms with E-state index in [1.165, 1.54) is 4.57 Å². The maximum absolute atomic E-state index is 14.1. The molecule has 6 rings (SSSR count). The lowest BCUT2D eigenvalue weighted by molar-refractivity contribution is -0.120. The van der Waals surface area contributed by atoms with Crippen LogP contribution in [-0.2, 0) is 9.53 Å². The number of hydrogen-bond donors (Lipinski definition) is 3. The number of carbonyl (C=O) groups is 1. The van der Waals surface area contributed by atoms with Gasteiger partial charge in [0.1, 0.15) is 11.6 Å². The fourth-order valence-electron chi connectivity index (χ4n) is 5.57. The summed E-state index contributed by atoms with van der Waals surface area (Å²) < 4.78 is 35.2. The average Bonchev–Trinajstić information content (AvgIpc) is 3.42. The van der Waals surface area contributed by atoms with Crippen molar-refractivity contribution in [3.05, 3.63) is 66.5 Å². The van der Waals surface area contributed by atoms with Crippen molar-refractivity contribution in [1.29, 1.82) is 0 Å². The maximum atomic E-state index is 14.1. The van der Waals surface area contributed by atoms with Crippen molar-refractivity contribution in [3.8, 4) is 5.82 Å². The molecule has 0 unspecified atom stereocenters. The SMILES string of the molecule is O=C(CNc1ccccc1)N[C@H]1CC[C@H](Nc2nc(N3CCOCC3)cc(-n3c(C(F)F)nc4ccccc43)n2)CC1. The third kappa shape index (κ3) is 6.43. The summed E-state index contributed by atoms with van der Waals surface area (Å²) in [4.78, 5) is 28.3. The second-order valence-corrected chi connectivity index (χ2v) is 10.6. The molecule has 4 aromatic rings. The number of halogens is 2. The van der Waals surface area contributed by atoms with Crippen LogP contribution in [0.5, 0.6) is 0 Å². The van der Waals surface area contributed by atoms with E-state index in [9.17, 15) is 13.6 Å². The van der Waals surface area contributed by atoms with Crippen LogP contribution >= 0.6 is 0 Å². The number of nitrogens with one attached hydrogen (secondary N) is 3. The highest BCUT2D eigenvalue weighted by molar-refractivity contribution is 5.81. The molecule has 2 aliphatic rings. The third-order valence-electron chi connectivity index (χ3n) is 7.70. The highest BCUT2D eigenvalue weighted by Crippen LogP contribution is 2.30. The first-order chi connectivity index (χ1) is 20.5. The van der Waals surface area contributed by atoms with Gasteiger partial charge in [-0.05, 0) is 49.9 Å². The number of ether oxygens (including phenoxy) is 1. The van der Waals surface area contributed by atoms with Crippen LogP contribution in [0.25, 0.3) is 16.9 Å². The molecule has 2 fully saturated rings. The van der Waals surface area contributed by atoms with Crippen molar-refractivity contribution in [1.82, 2.24) is 24.8 Å². The highest BCUT2D eigenvalue weighted by atomic mass is 19.3. The molecule has 42 heavy (non-hydrogen) atoms. The number of aromatic nitrogens is 4. The molecule has 0 radical (unpaired) electrons. The Balaban J connectivity index is 1.17. The van der Waals surface area contributed by atoms with E-state index in [1.807, 2.05) is 30.3 Å². The summed E-state index contributed by atoms with van der Waals surface area (Å²) >= 11 is 0. The van der Waals surface area contributed by atoms with Crippen LogP contribution < -0.4 is 20.9 Å². The smallest absolute Gasteiger partial charge is 0.296 e. The summed E-state index contributed by atoms with van der Waals surface area (Å²) in [6.07, 6.45) is 0.476. The van der Waals surface area contributed by atoms with E-state index in [2.05, 4.69) is 25.8 Å². The molecule has 2 aromatic heterocycles.